The minimum Gasteiger partial charge on any atom is -0.381 e. The molecule has 1 atom stereocenters. The fourth-order valence-corrected chi connectivity index (χ4v) is 3.49. The first kappa shape index (κ1) is 18.2. The van der Waals surface area contributed by atoms with Gasteiger partial charge in [0.2, 0.25) is 11.8 Å². The maximum absolute atomic E-state index is 12.9. The minimum atomic E-state index is -0.0654. The molecule has 0 aliphatic carbocycles. The van der Waals surface area contributed by atoms with E-state index in [4.69, 9.17) is 9.47 Å². The molecular formula is C17H30N2O4. The summed E-state index contributed by atoms with van der Waals surface area (Å²) < 4.78 is 10.3. The number of nitrogens with zero attached hydrogens (tertiary/aromatic N) is 2. The summed E-state index contributed by atoms with van der Waals surface area (Å²) in [6.45, 7) is 6.57. The molecule has 6 nitrogen and oxygen atoms in total. The largest absolute Gasteiger partial charge is 0.381 e. The number of carbonyl (C=O) groups is 2. The highest BCUT2D eigenvalue weighted by atomic mass is 16.5. The summed E-state index contributed by atoms with van der Waals surface area (Å²) in [5, 5.41) is 0. The molecule has 0 aromatic heterocycles. The van der Waals surface area contributed by atoms with Crippen LogP contribution in [-0.4, -0.2) is 74.7 Å². The van der Waals surface area contributed by atoms with Gasteiger partial charge in [-0.2, -0.15) is 0 Å². The van der Waals surface area contributed by atoms with E-state index in [0.717, 1.165) is 58.5 Å². The van der Waals surface area contributed by atoms with E-state index in [1.54, 1.807) is 4.90 Å². The fourth-order valence-electron chi connectivity index (χ4n) is 3.49. The second-order valence-corrected chi connectivity index (χ2v) is 6.54. The molecule has 2 rings (SSSR count). The number of rotatable bonds is 6. The molecule has 2 saturated heterocycles. The van der Waals surface area contributed by atoms with Crippen LogP contribution in [0.5, 0.6) is 0 Å². The first-order valence-electron chi connectivity index (χ1n) is 8.79. The van der Waals surface area contributed by atoms with Crippen molar-refractivity contribution in [1.29, 1.82) is 0 Å². The summed E-state index contributed by atoms with van der Waals surface area (Å²) in [6.07, 6.45) is 3.83. The Bertz CT molecular complexity index is 396. The predicted octanol–water partition coefficient (Wildman–Crippen LogP) is 1.15. The molecule has 2 fully saturated rings. The lowest BCUT2D eigenvalue weighted by Gasteiger charge is -2.36. The molecule has 0 bridgehead atoms. The molecule has 2 aliphatic rings. The zero-order valence-electron chi connectivity index (χ0n) is 14.5. The molecule has 0 N–H and O–H groups in total. The third-order valence-corrected chi connectivity index (χ3v) is 4.90. The van der Waals surface area contributed by atoms with E-state index in [9.17, 15) is 9.59 Å². The molecule has 6 heteroatoms. The van der Waals surface area contributed by atoms with Crippen LogP contribution in [0.1, 0.15) is 32.6 Å². The lowest BCUT2D eigenvalue weighted by atomic mass is 9.94. The Balaban J connectivity index is 1.89. The molecule has 0 aromatic rings. The van der Waals surface area contributed by atoms with Crippen LogP contribution in [0.25, 0.3) is 0 Å². The molecule has 132 valence electrons. The second-order valence-electron chi connectivity index (χ2n) is 6.54. The predicted molar refractivity (Wildman–Crippen MR) is 87.0 cm³/mol. The Labute approximate surface area is 139 Å². The van der Waals surface area contributed by atoms with Gasteiger partial charge >= 0.3 is 0 Å². The first-order chi connectivity index (χ1) is 11.2. The van der Waals surface area contributed by atoms with Crippen molar-refractivity contribution in [3.63, 3.8) is 0 Å². The van der Waals surface area contributed by atoms with Crippen molar-refractivity contribution in [2.75, 3.05) is 53.1 Å². The molecule has 0 saturated carbocycles. The third kappa shape index (κ3) is 5.18. The minimum absolute atomic E-state index is 0.0162. The van der Waals surface area contributed by atoms with Crippen molar-refractivity contribution in [3.8, 4) is 0 Å². The van der Waals surface area contributed by atoms with Gasteiger partial charge in [-0.25, -0.2) is 0 Å². The van der Waals surface area contributed by atoms with Crippen LogP contribution < -0.4 is 0 Å². The monoisotopic (exact) mass is 326 g/mol. The number of methoxy groups -OCH3 is 1. The van der Waals surface area contributed by atoms with Gasteiger partial charge in [-0.15, -0.1) is 0 Å². The zero-order valence-corrected chi connectivity index (χ0v) is 14.5. The molecule has 2 heterocycles. The maximum atomic E-state index is 12.9. The SMILES string of the molecule is CCN(CC1CCOCC1)C(=O)[C@@H]1CCCN(C(=O)COC)C1. The number of hydrogen-bond acceptors (Lipinski definition) is 4. The van der Waals surface area contributed by atoms with Gasteiger partial charge in [0.1, 0.15) is 6.61 Å². The molecule has 23 heavy (non-hydrogen) atoms. The van der Waals surface area contributed by atoms with Gasteiger partial charge in [0.05, 0.1) is 5.92 Å². The maximum Gasteiger partial charge on any atom is 0.248 e. The van der Waals surface area contributed by atoms with Crippen molar-refractivity contribution in [1.82, 2.24) is 9.80 Å². The van der Waals surface area contributed by atoms with Gasteiger partial charge in [-0.3, -0.25) is 9.59 Å². The summed E-state index contributed by atoms with van der Waals surface area (Å²) in [5.74, 6) is 0.665. The van der Waals surface area contributed by atoms with Crippen molar-refractivity contribution in [2.45, 2.75) is 32.6 Å². The van der Waals surface area contributed by atoms with E-state index >= 15 is 0 Å². The van der Waals surface area contributed by atoms with Gasteiger partial charge in [0.25, 0.3) is 0 Å². The fraction of sp³-hybridized carbons (Fsp3) is 0.882. The summed E-state index contributed by atoms with van der Waals surface area (Å²) in [7, 11) is 1.52. The third-order valence-electron chi connectivity index (χ3n) is 4.90. The van der Waals surface area contributed by atoms with Crippen LogP contribution >= 0.6 is 0 Å². The smallest absolute Gasteiger partial charge is 0.248 e. The van der Waals surface area contributed by atoms with Crippen LogP contribution in [0.2, 0.25) is 0 Å². The molecule has 0 spiro atoms. The molecule has 2 aliphatic heterocycles. The number of likely N-dealkylation sites (tertiary alicyclic amines) is 1. The number of piperidine rings is 1. The van der Waals surface area contributed by atoms with E-state index in [-0.39, 0.29) is 24.3 Å². The Hall–Kier alpha value is -1.14. The van der Waals surface area contributed by atoms with E-state index < -0.39 is 0 Å². The average Bonchev–Trinajstić information content (AvgIpc) is 2.60. The molecule has 0 aromatic carbocycles. The lowest BCUT2D eigenvalue weighted by Crippen LogP contribution is -2.48. The Morgan fingerprint density at radius 3 is 2.65 bits per heavy atom. The summed E-state index contributed by atoms with van der Waals surface area (Å²) in [6, 6.07) is 0. The van der Waals surface area contributed by atoms with Gasteiger partial charge < -0.3 is 19.3 Å². The quantitative estimate of drug-likeness (QED) is 0.735. The Morgan fingerprint density at radius 1 is 1.26 bits per heavy atom. The van der Waals surface area contributed by atoms with Crippen LogP contribution in [0.3, 0.4) is 0 Å². The van der Waals surface area contributed by atoms with Crippen LogP contribution in [0.15, 0.2) is 0 Å². The Kier molecular flexibility index (Phi) is 7.30. The normalized spacial score (nSPS) is 22.9. The topological polar surface area (TPSA) is 59.1 Å². The average molecular weight is 326 g/mol. The van der Waals surface area contributed by atoms with Gasteiger partial charge in [0, 0.05) is 46.5 Å². The van der Waals surface area contributed by atoms with Gasteiger partial charge in [-0.1, -0.05) is 0 Å². The van der Waals surface area contributed by atoms with Crippen LogP contribution in [-0.2, 0) is 19.1 Å². The van der Waals surface area contributed by atoms with Crippen molar-refractivity contribution >= 4 is 11.8 Å². The summed E-state index contributed by atoms with van der Waals surface area (Å²) in [4.78, 5) is 28.6. The highest BCUT2D eigenvalue weighted by Gasteiger charge is 2.31. The summed E-state index contributed by atoms with van der Waals surface area (Å²) in [5.41, 5.74) is 0. The van der Waals surface area contributed by atoms with Crippen molar-refractivity contribution < 1.29 is 19.1 Å². The number of carbonyl (C=O) groups excluding carboxylic acids is 2. The molecule has 0 unspecified atom stereocenters. The first-order valence-corrected chi connectivity index (χ1v) is 8.79. The van der Waals surface area contributed by atoms with E-state index in [1.807, 2.05) is 11.8 Å². The molecule has 0 radical (unpaired) electrons. The molecular weight excluding hydrogens is 296 g/mol. The zero-order chi connectivity index (χ0) is 16.7. The standard InChI is InChI=1S/C17H30N2O4/c1-3-18(11-14-6-9-23-10-7-14)17(21)15-5-4-8-19(12-15)16(20)13-22-2/h14-15H,3-13H2,1-2H3/t15-/m1/s1. The lowest BCUT2D eigenvalue weighted by molar-refractivity contribution is -0.143. The number of hydrogen-bond donors (Lipinski definition) is 0. The van der Waals surface area contributed by atoms with Crippen LogP contribution in [0, 0.1) is 11.8 Å². The van der Waals surface area contributed by atoms with Crippen molar-refractivity contribution in [2.24, 2.45) is 11.8 Å². The van der Waals surface area contributed by atoms with E-state index in [1.165, 1.54) is 7.11 Å². The Morgan fingerprint density at radius 2 is 2.00 bits per heavy atom. The highest BCUT2D eigenvalue weighted by Crippen LogP contribution is 2.22. The second kappa shape index (κ2) is 9.23. The van der Waals surface area contributed by atoms with Crippen LogP contribution in [0.4, 0.5) is 0 Å². The number of amides is 2. The van der Waals surface area contributed by atoms with E-state index in [0.29, 0.717) is 12.5 Å². The van der Waals surface area contributed by atoms with Gasteiger partial charge in [-0.05, 0) is 38.5 Å². The van der Waals surface area contributed by atoms with Crippen molar-refractivity contribution in [3.05, 3.63) is 0 Å². The van der Waals surface area contributed by atoms with E-state index in [2.05, 4.69) is 0 Å². The molecule has 2 amide bonds. The summed E-state index contributed by atoms with van der Waals surface area (Å²) >= 11 is 0. The highest BCUT2D eigenvalue weighted by molar-refractivity contribution is 5.82. The number of ether oxygens (including phenoxy) is 2. The van der Waals surface area contributed by atoms with Gasteiger partial charge in [0.15, 0.2) is 0 Å².